The molecule has 0 aromatic heterocycles. The predicted octanol–water partition coefficient (Wildman–Crippen LogP) is -3.63. The second kappa shape index (κ2) is 3.42. The van der Waals surface area contributed by atoms with Crippen LogP contribution in [0, 0.1) is 0 Å². The zero-order chi connectivity index (χ0) is 7.44. The number of hydrogen-bond donors (Lipinski definition) is 2. The van der Waals surface area contributed by atoms with Crippen molar-refractivity contribution in [2.45, 2.75) is 25.4 Å². The second-order valence-corrected chi connectivity index (χ2v) is 2.36. The van der Waals surface area contributed by atoms with Crippen molar-refractivity contribution in [1.82, 2.24) is 0 Å². The molecule has 9 heavy (non-hydrogen) atoms. The fourth-order valence-electron chi connectivity index (χ4n) is 0.582. The van der Waals surface area contributed by atoms with Gasteiger partial charge in [0.15, 0.2) is 0 Å². The molecule has 0 heterocycles. The summed E-state index contributed by atoms with van der Waals surface area (Å²) in [7, 11) is 0. The van der Waals surface area contributed by atoms with E-state index in [2.05, 4.69) is 11.5 Å². The van der Waals surface area contributed by atoms with Crippen molar-refractivity contribution in [3.05, 3.63) is 0 Å². The molecule has 2 unspecified atom stereocenters. The molecule has 0 aliphatic rings. The number of carbonyl (C=O) groups is 1. The Hall–Kier alpha value is -0.610. The first-order valence-corrected chi connectivity index (χ1v) is 2.91. The highest BCUT2D eigenvalue weighted by Crippen LogP contribution is 1.85. The Kier molecular flexibility index (Phi) is 3.19. The van der Waals surface area contributed by atoms with E-state index >= 15 is 0 Å². The summed E-state index contributed by atoms with van der Waals surface area (Å²) in [5.41, 5.74) is 7.01. The van der Waals surface area contributed by atoms with Crippen LogP contribution in [0.3, 0.4) is 0 Å². The number of quaternary nitrogens is 2. The molecule has 2 atom stereocenters. The summed E-state index contributed by atoms with van der Waals surface area (Å²) >= 11 is 0. The number of carboxylic acid groups (broad SMARTS) is 1. The van der Waals surface area contributed by atoms with Gasteiger partial charge in [0.05, 0.1) is 18.4 Å². The molecule has 0 aromatic rings. The molecule has 0 saturated heterocycles. The summed E-state index contributed by atoms with van der Waals surface area (Å²) in [5, 5.41) is 10.0. The van der Waals surface area contributed by atoms with Crippen LogP contribution in [0.1, 0.15) is 13.3 Å². The minimum atomic E-state index is -1.09. The number of carbonyl (C=O) groups excluding carboxylic acids is 1. The Balaban J connectivity index is 3.50. The zero-order valence-corrected chi connectivity index (χ0v) is 5.59. The maximum Gasteiger partial charge on any atom is 0.130 e. The maximum absolute atomic E-state index is 10.0. The van der Waals surface area contributed by atoms with Crippen LogP contribution in [-0.4, -0.2) is 18.1 Å². The van der Waals surface area contributed by atoms with E-state index in [1.165, 1.54) is 0 Å². The molecule has 0 aromatic carbocycles. The minimum absolute atomic E-state index is 0.130. The molecule has 0 radical (unpaired) electrons. The van der Waals surface area contributed by atoms with Crippen molar-refractivity contribution in [2.75, 3.05) is 0 Å². The Morgan fingerprint density at radius 1 is 1.67 bits per heavy atom. The van der Waals surface area contributed by atoms with Gasteiger partial charge in [-0.1, -0.05) is 0 Å². The molecule has 0 rings (SSSR count). The Morgan fingerprint density at radius 2 is 2.11 bits per heavy atom. The summed E-state index contributed by atoms with van der Waals surface area (Å²) in [6.07, 6.45) is 0.488. The smallest absolute Gasteiger partial charge is 0.130 e. The highest BCUT2D eigenvalue weighted by molar-refractivity contribution is 5.69. The molecule has 0 saturated carbocycles. The van der Waals surface area contributed by atoms with Gasteiger partial charge in [-0.3, -0.25) is 0 Å². The lowest BCUT2D eigenvalue weighted by Gasteiger charge is -2.08. The minimum Gasteiger partial charge on any atom is -0.544 e. The van der Waals surface area contributed by atoms with Gasteiger partial charge in [-0.05, 0) is 6.92 Å². The average Bonchev–Trinajstić information content (AvgIpc) is 1.63. The molecule has 0 spiro atoms. The molecule has 0 aliphatic carbocycles. The van der Waals surface area contributed by atoms with Crippen LogP contribution in [0.5, 0.6) is 0 Å². The topological polar surface area (TPSA) is 95.4 Å². The fourth-order valence-corrected chi connectivity index (χ4v) is 0.582. The van der Waals surface area contributed by atoms with Gasteiger partial charge in [-0.15, -0.1) is 0 Å². The van der Waals surface area contributed by atoms with Crippen LogP contribution in [0.25, 0.3) is 0 Å². The number of carboxylic acids is 1. The summed E-state index contributed by atoms with van der Waals surface area (Å²) in [5.74, 6) is -1.09. The van der Waals surface area contributed by atoms with Gasteiger partial charge in [0.1, 0.15) is 6.04 Å². The van der Waals surface area contributed by atoms with Crippen molar-refractivity contribution in [3.8, 4) is 0 Å². The standard InChI is InChI=1S/C5H12N2O2/c1-3(6)2-4(7)5(8)9/h3-4H,2,6-7H2,1H3,(H,8,9)/p+1. The summed E-state index contributed by atoms with van der Waals surface area (Å²) in [4.78, 5) is 10.0. The Bertz CT molecular complexity index is 103. The fraction of sp³-hybridized carbons (Fsp3) is 0.800. The van der Waals surface area contributed by atoms with Crippen LogP contribution in [0.4, 0.5) is 0 Å². The second-order valence-electron chi connectivity index (χ2n) is 2.36. The number of aliphatic carboxylic acids is 1. The van der Waals surface area contributed by atoms with Crippen LogP contribution in [0.15, 0.2) is 0 Å². The first-order valence-electron chi connectivity index (χ1n) is 2.91. The Labute approximate surface area is 53.8 Å². The van der Waals surface area contributed by atoms with E-state index in [-0.39, 0.29) is 6.04 Å². The van der Waals surface area contributed by atoms with Crippen molar-refractivity contribution in [2.24, 2.45) is 0 Å². The average molecular weight is 133 g/mol. The maximum atomic E-state index is 10.0. The van der Waals surface area contributed by atoms with E-state index < -0.39 is 12.0 Å². The van der Waals surface area contributed by atoms with Crippen LogP contribution < -0.4 is 16.6 Å². The molecule has 4 heteroatoms. The third-order valence-corrected chi connectivity index (χ3v) is 1.02. The molecule has 54 valence electrons. The lowest BCUT2D eigenvalue weighted by Crippen LogP contribution is -2.72. The molecule has 4 nitrogen and oxygen atoms in total. The van der Waals surface area contributed by atoms with Crippen LogP contribution in [-0.2, 0) is 4.79 Å². The van der Waals surface area contributed by atoms with E-state index in [4.69, 9.17) is 0 Å². The summed E-state index contributed by atoms with van der Waals surface area (Å²) in [6, 6.07) is -0.483. The van der Waals surface area contributed by atoms with E-state index in [1.54, 1.807) is 0 Å². The van der Waals surface area contributed by atoms with E-state index in [1.807, 2.05) is 6.92 Å². The van der Waals surface area contributed by atoms with Crippen molar-refractivity contribution >= 4 is 5.97 Å². The third-order valence-electron chi connectivity index (χ3n) is 1.02. The Morgan fingerprint density at radius 3 is 2.22 bits per heavy atom. The highest BCUT2D eigenvalue weighted by atomic mass is 16.4. The van der Waals surface area contributed by atoms with Gasteiger partial charge in [-0.25, -0.2) is 0 Å². The summed E-state index contributed by atoms with van der Waals surface area (Å²) in [6.45, 7) is 1.85. The molecule has 0 fully saturated rings. The van der Waals surface area contributed by atoms with Gasteiger partial charge < -0.3 is 21.4 Å². The van der Waals surface area contributed by atoms with Gasteiger partial charge >= 0.3 is 0 Å². The molecule has 0 aliphatic heterocycles. The van der Waals surface area contributed by atoms with Crippen LogP contribution in [0.2, 0.25) is 0 Å². The van der Waals surface area contributed by atoms with E-state index in [0.717, 1.165) is 0 Å². The van der Waals surface area contributed by atoms with Crippen molar-refractivity contribution in [1.29, 1.82) is 0 Å². The molecule has 0 amide bonds. The number of hydrogen-bond acceptors (Lipinski definition) is 2. The molecule has 0 bridgehead atoms. The quantitative estimate of drug-likeness (QED) is 0.415. The van der Waals surface area contributed by atoms with Gasteiger partial charge in [-0.2, -0.15) is 0 Å². The van der Waals surface area contributed by atoms with E-state index in [9.17, 15) is 9.90 Å². The van der Waals surface area contributed by atoms with E-state index in [0.29, 0.717) is 6.42 Å². The lowest BCUT2D eigenvalue weighted by atomic mass is 10.1. The zero-order valence-electron chi connectivity index (χ0n) is 5.59. The molecule has 6 N–H and O–H groups in total. The van der Waals surface area contributed by atoms with Gasteiger partial charge in [0, 0.05) is 0 Å². The van der Waals surface area contributed by atoms with Crippen molar-refractivity contribution in [3.63, 3.8) is 0 Å². The lowest BCUT2D eigenvalue weighted by molar-refractivity contribution is -0.468. The normalized spacial score (nSPS) is 16.8. The monoisotopic (exact) mass is 133 g/mol. The van der Waals surface area contributed by atoms with Crippen molar-refractivity contribution < 1.29 is 21.4 Å². The van der Waals surface area contributed by atoms with Gasteiger partial charge in [0.25, 0.3) is 0 Å². The van der Waals surface area contributed by atoms with Crippen LogP contribution >= 0.6 is 0 Å². The highest BCUT2D eigenvalue weighted by Gasteiger charge is 2.10. The first kappa shape index (κ1) is 8.39. The third kappa shape index (κ3) is 3.93. The molecular weight excluding hydrogens is 120 g/mol. The summed E-state index contributed by atoms with van der Waals surface area (Å²) < 4.78 is 0. The predicted molar refractivity (Wildman–Crippen MR) is 28.7 cm³/mol. The molecular formula is C5H13N2O2+. The number of rotatable bonds is 3. The van der Waals surface area contributed by atoms with Gasteiger partial charge in [0.2, 0.25) is 0 Å². The SMILES string of the molecule is CC([NH3+])CC([NH3+])C(=O)[O-]. The first-order chi connectivity index (χ1) is 4.04. The largest absolute Gasteiger partial charge is 0.544 e.